The summed E-state index contributed by atoms with van der Waals surface area (Å²) in [4.78, 5) is 26.1. The number of carbonyl (C=O) groups is 2. The molecule has 0 spiro atoms. The van der Waals surface area contributed by atoms with E-state index in [4.69, 9.17) is 16.3 Å². The molecule has 28 heavy (non-hydrogen) atoms. The van der Waals surface area contributed by atoms with Crippen LogP contribution in [-0.2, 0) is 16.0 Å². The number of halogens is 1. The normalized spacial score (nSPS) is 10.5. The molecule has 1 aromatic heterocycles. The van der Waals surface area contributed by atoms with Gasteiger partial charge in [-0.25, -0.2) is 4.79 Å². The van der Waals surface area contributed by atoms with Crippen LogP contribution in [-0.4, -0.2) is 18.5 Å². The summed E-state index contributed by atoms with van der Waals surface area (Å²) in [6, 6.07) is 16.7. The first-order valence-electron chi connectivity index (χ1n) is 8.89. The molecule has 1 amide bonds. The predicted octanol–water partition coefficient (Wildman–Crippen LogP) is 5.73. The van der Waals surface area contributed by atoms with Crippen molar-refractivity contribution in [3.8, 4) is 11.1 Å². The van der Waals surface area contributed by atoms with Crippen molar-refractivity contribution in [3.05, 3.63) is 75.6 Å². The number of ether oxygens (including phenoxy) is 1. The molecule has 0 fully saturated rings. The Hall–Kier alpha value is -2.63. The van der Waals surface area contributed by atoms with Crippen LogP contribution in [0.5, 0.6) is 0 Å². The Morgan fingerprint density at radius 2 is 1.75 bits per heavy atom. The van der Waals surface area contributed by atoms with Gasteiger partial charge in [0, 0.05) is 15.5 Å². The van der Waals surface area contributed by atoms with Crippen molar-refractivity contribution in [2.45, 2.75) is 20.3 Å². The van der Waals surface area contributed by atoms with E-state index in [0.717, 1.165) is 21.6 Å². The summed E-state index contributed by atoms with van der Waals surface area (Å²) in [7, 11) is 0. The van der Waals surface area contributed by atoms with Crippen LogP contribution in [0.2, 0.25) is 5.02 Å². The lowest BCUT2D eigenvalue weighted by Gasteiger charge is -2.09. The first kappa shape index (κ1) is 20.1. The van der Waals surface area contributed by atoms with Crippen LogP contribution >= 0.6 is 22.9 Å². The second kappa shape index (κ2) is 9.04. The standard InChI is InChI=1S/C22H20ClNO3S/c1-3-27-22(26)20-19(16-9-11-17(23)12-10-16)14(2)28-21(20)24-18(25)13-15-7-5-4-6-8-15/h4-12H,3,13H2,1-2H3,(H,24,25). The smallest absolute Gasteiger partial charge is 0.341 e. The molecule has 0 atom stereocenters. The Kier molecular flexibility index (Phi) is 6.49. The molecule has 0 aliphatic heterocycles. The molecular weight excluding hydrogens is 394 g/mol. The van der Waals surface area contributed by atoms with Gasteiger partial charge >= 0.3 is 5.97 Å². The monoisotopic (exact) mass is 413 g/mol. The molecule has 3 rings (SSSR count). The summed E-state index contributed by atoms with van der Waals surface area (Å²) in [6.45, 7) is 3.93. The second-order valence-corrected chi connectivity index (χ2v) is 7.84. The topological polar surface area (TPSA) is 55.4 Å². The number of benzene rings is 2. The number of aryl methyl sites for hydroxylation is 1. The summed E-state index contributed by atoms with van der Waals surface area (Å²) >= 11 is 7.36. The first-order valence-corrected chi connectivity index (χ1v) is 10.1. The molecule has 0 aliphatic carbocycles. The zero-order valence-corrected chi connectivity index (χ0v) is 17.2. The maximum absolute atomic E-state index is 12.7. The number of rotatable bonds is 6. The van der Waals surface area contributed by atoms with Crippen LogP contribution in [0, 0.1) is 6.92 Å². The van der Waals surface area contributed by atoms with Gasteiger partial charge < -0.3 is 10.1 Å². The van der Waals surface area contributed by atoms with E-state index in [0.29, 0.717) is 15.6 Å². The average Bonchev–Trinajstić information content (AvgIpc) is 2.99. The lowest BCUT2D eigenvalue weighted by molar-refractivity contribution is -0.115. The largest absolute Gasteiger partial charge is 0.462 e. The molecule has 3 aromatic rings. The van der Waals surface area contributed by atoms with Gasteiger partial charge in [-0.3, -0.25) is 4.79 Å². The summed E-state index contributed by atoms with van der Waals surface area (Å²) in [5, 5.41) is 4.01. The lowest BCUT2D eigenvalue weighted by atomic mass is 10.0. The zero-order chi connectivity index (χ0) is 20.1. The quantitative estimate of drug-likeness (QED) is 0.524. The number of carbonyl (C=O) groups excluding carboxylic acids is 2. The van der Waals surface area contributed by atoms with Crippen LogP contribution in [0.4, 0.5) is 5.00 Å². The van der Waals surface area contributed by atoms with Gasteiger partial charge in [-0.1, -0.05) is 54.1 Å². The highest BCUT2D eigenvalue weighted by Gasteiger charge is 2.25. The molecule has 0 unspecified atom stereocenters. The molecule has 0 radical (unpaired) electrons. The highest BCUT2D eigenvalue weighted by molar-refractivity contribution is 7.17. The zero-order valence-electron chi connectivity index (χ0n) is 15.6. The molecule has 1 N–H and O–H groups in total. The molecule has 0 saturated carbocycles. The van der Waals surface area contributed by atoms with Crippen molar-refractivity contribution >= 4 is 39.8 Å². The van der Waals surface area contributed by atoms with Crippen molar-refractivity contribution in [2.75, 3.05) is 11.9 Å². The van der Waals surface area contributed by atoms with Crippen LogP contribution < -0.4 is 5.32 Å². The van der Waals surface area contributed by atoms with E-state index in [1.54, 1.807) is 19.1 Å². The molecule has 1 heterocycles. The lowest BCUT2D eigenvalue weighted by Crippen LogP contribution is -2.16. The Labute approximate surface area is 173 Å². The van der Waals surface area contributed by atoms with Gasteiger partial charge in [-0.05, 0) is 37.1 Å². The number of hydrogen-bond donors (Lipinski definition) is 1. The number of hydrogen-bond acceptors (Lipinski definition) is 4. The van der Waals surface area contributed by atoms with Gasteiger partial charge in [0.1, 0.15) is 10.6 Å². The number of esters is 1. The molecule has 144 valence electrons. The Bertz CT molecular complexity index is 981. The van der Waals surface area contributed by atoms with Crippen molar-refractivity contribution in [1.82, 2.24) is 0 Å². The van der Waals surface area contributed by atoms with E-state index >= 15 is 0 Å². The fourth-order valence-corrected chi connectivity index (χ4v) is 4.15. The minimum atomic E-state index is -0.452. The molecule has 2 aromatic carbocycles. The van der Waals surface area contributed by atoms with E-state index in [2.05, 4.69) is 5.32 Å². The third-order valence-corrected chi connectivity index (χ3v) is 5.43. The number of anilines is 1. The van der Waals surface area contributed by atoms with Gasteiger partial charge in [-0.2, -0.15) is 0 Å². The maximum atomic E-state index is 12.7. The van der Waals surface area contributed by atoms with Crippen LogP contribution in [0.15, 0.2) is 54.6 Å². The van der Waals surface area contributed by atoms with Gasteiger partial charge in [-0.15, -0.1) is 11.3 Å². The third-order valence-electron chi connectivity index (χ3n) is 4.16. The van der Waals surface area contributed by atoms with Crippen molar-refractivity contribution in [1.29, 1.82) is 0 Å². The van der Waals surface area contributed by atoms with E-state index in [-0.39, 0.29) is 18.9 Å². The van der Waals surface area contributed by atoms with Crippen LogP contribution in [0.25, 0.3) is 11.1 Å². The van der Waals surface area contributed by atoms with Crippen molar-refractivity contribution in [2.24, 2.45) is 0 Å². The number of nitrogens with one attached hydrogen (secondary N) is 1. The van der Waals surface area contributed by atoms with Gasteiger partial charge in [0.2, 0.25) is 5.91 Å². The fourth-order valence-electron chi connectivity index (χ4n) is 2.95. The first-order chi connectivity index (χ1) is 13.5. The molecule has 4 nitrogen and oxygen atoms in total. The van der Waals surface area contributed by atoms with Crippen LogP contribution in [0.3, 0.4) is 0 Å². The van der Waals surface area contributed by atoms with E-state index in [1.807, 2.05) is 49.4 Å². The van der Waals surface area contributed by atoms with Crippen LogP contribution in [0.1, 0.15) is 27.7 Å². The minimum Gasteiger partial charge on any atom is -0.462 e. The van der Waals surface area contributed by atoms with E-state index in [1.165, 1.54) is 11.3 Å². The molecule has 0 saturated heterocycles. The summed E-state index contributed by atoms with van der Waals surface area (Å²) in [5.74, 6) is -0.632. The molecule has 0 bridgehead atoms. The highest BCUT2D eigenvalue weighted by Crippen LogP contribution is 2.40. The maximum Gasteiger partial charge on any atom is 0.341 e. The second-order valence-electron chi connectivity index (χ2n) is 6.18. The van der Waals surface area contributed by atoms with E-state index in [9.17, 15) is 9.59 Å². The van der Waals surface area contributed by atoms with Crippen molar-refractivity contribution < 1.29 is 14.3 Å². The summed E-state index contributed by atoms with van der Waals surface area (Å²) in [5.41, 5.74) is 2.90. The average molecular weight is 414 g/mol. The SMILES string of the molecule is CCOC(=O)c1c(NC(=O)Cc2ccccc2)sc(C)c1-c1ccc(Cl)cc1. The fraction of sp³-hybridized carbons (Fsp3) is 0.182. The highest BCUT2D eigenvalue weighted by atomic mass is 35.5. The van der Waals surface area contributed by atoms with Gasteiger partial charge in [0.05, 0.1) is 13.0 Å². The third kappa shape index (κ3) is 4.61. The number of amides is 1. The summed E-state index contributed by atoms with van der Waals surface area (Å²) in [6.07, 6.45) is 0.232. The Balaban J connectivity index is 1.96. The molecular formula is C22H20ClNO3S. The number of thiophene rings is 1. The van der Waals surface area contributed by atoms with Gasteiger partial charge in [0.25, 0.3) is 0 Å². The van der Waals surface area contributed by atoms with Gasteiger partial charge in [0.15, 0.2) is 0 Å². The summed E-state index contributed by atoms with van der Waals surface area (Å²) < 4.78 is 5.26. The molecule has 6 heteroatoms. The Morgan fingerprint density at radius 1 is 1.07 bits per heavy atom. The Morgan fingerprint density at radius 3 is 2.39 bits per heavy atom. The predicted molar refractivity (Wildman–Crippen MR) is 114 cm³/mol. The van der Waals surface area contributed by atoms with Crippen molar-refractivity contribution in [3.63, 3.8) is 0 Å². The molecule has 0 aliphatic rings. The van der Waals surface area contributed by atoms with E-state index < -0.39 is 5.97 Å². The minimum absolute atomic E-state index is 0.180.